The largest absolute Gasteiger partial charge is 0.459 e. The Bertz CT molecular complexity index is 190. The van der Waals surface area contributed by atoms with Crippen LogP contribution in [-0.4, -0.2) is 55.4 Å². The Kier molecular flexibility index (Phi) is 12.8. The zero-order valence-electron chi connectivity index (χ0n) is 9.63. The van der Waals surface area contributed by atoms with Gasteiger partial charge in [-0.25, -0.2) is 0 Å². The van der Waals surface area contributed by atoms with Crippen molar-refractivity contribution < 1.29 is 34.0 Å². The first-order valence-corrected chi connectivity index (χ1v) is 4.53. The van der Waals surface area contributed by atoms with Crippen molar-refractivity contribution in [3.05, 3.63) is 0 Å². The number of methoxy groups -OCH3 is 1. The van der Waals surface area contributed by atoms with Crippen LogP contribution in [0.1, 0.15) is 13.8 Å². The Morgan fingerprint density at radius 2 is 1.62 bits per heavy atom. The highest BCUT2D eigenvalue weighted by molar-refractivity contribution is 5.66. The van der Waals surface area contributed by atoms with Crippen molar-refractivity contribution in [2.24, 2.45) is 0 Å². The lowest BCUT2D eigenvalue weighted by atomic mass is 10.6. The predicted octanol–water partition coefficient (Wildman–Crippen LogP) is -0.944. The van der Waals surface area contributed by atoms with Crippen LogP contribution in [0.2, 0.25) is 0 Å². The number of aliphatic hydroxyl groups excluding tert-OH is 2. The molecule has 0 fully saturated rings. The Morgan fingerprint density at radius 1 is 1.12 bits per heavy atom. The summed E-state index contributed by atoms with van der Waals surface area (Å²) in [6, 6.07) is 0. The lowest BCUT2D eigenvalue weighted by Crippen LogP contribution is -2.25. The van der Waals surface area contributed by atoms with E-state index in [9.17, 15) is 9.59 Å². The van der Waals surface area contributed by atoms with E-state index >= 15 is 0 Å². The van der Waals surface area contributed by atoms with E-state index in [1.54, 1.807) is 0 Å². The molecule has 0 amide bonds. The summed E-state index contributed by atoms with van der Waals surface area (Å²) in [6.45, 7) is 2.19. The third kappa shape index (κ3) is 15.3. The fourth-order valence-corrected chi connectivity index (χ4v) is 0.521. The van der Waals surface area contributed by atoms with E-state index in [-0.39, 0.29) is 19.8 Å². The van der Waals surface area contributed by atoms with Crippen molar-refractivity contribution in [2.75, 3.05) is 26.9 Å². The summed E-state index contributed by atoms with van der Waals surface area (Å²) < 4.78 is 13.9. The van der Waals surface area contributed by atoms with Gasteiger partial charge in [0.15, 0.2) is 6.61 Å². The van der Waals surface area contributed by atoms with Gasteiger partial charge in [0.1, 0.15) is 0 Å². The lowest BCUT2D eigenvalue weighted by molar-refractivity contribution is -0.185. The first kappa shape index (κ1) is 17.2. The van der Waals surface area contributed by atoms with Gasteiger partial charge in [-0.05, 0) is 0 Å². The summed E-state index contributed by atoms with van der Waals surface area (Å²) in [5.41, 5.74) is 0. The average Bonchev–Trinajstić information content (AvgIpc) is 2.23. The number of carbonyl (C=O) groups is 2. The predicted molar refractivity (Wildman–Crippen MR) is 53.4 cm³/mol. The molecule has 0 heterocycles. The van der Waals surface area contributed by atoms with Crippen LogP contribution in [-0.2, 0) is 23.8 Å². The molecule has 96 valence electrons. The highest BCUT2D eigenvalue weighted by Gasteiger charge is 2.11. The monoisotopic (exact) mass is 238 g/mol. The molecule has 0 aromatic rings. The van der Waals surface area contributed by atoms with Gasteiger partial charge in [-0.2, -0.15) is 0 Å². The molecule has 0 aliphatic heterocycles. The van der Waals surface area contributed by atoms with Crippen LogP contribution >= 0.6 is 0 Å². The molecule has 0 rings (SSSR count). The molecule has 7 nitrogen and oxygen atoms in total. The van der Waals surface area contributed by atoms with Gasteiger partial charge in [-0.1, -0.05) is 0 Å². The number of hydrogen-bond donors (Lipinski definition) is 2. The average molecular weight is 238 g/mol. The second-order valence-corrected chi connectivity index (χ2v) is 2.52. The minimum Gasteiger partial charge on any atom is -0.459 e. The molecular formula is C9H18O7. The Hall–Kier alpha value is -1.18. The number of carbonyl (C=O) groups excluding carboxylic acids is 2. The summed E-state index contributed by atoms with van der Waals surface area (Å²) in [4.78, 5) is 20.7. The van der Waals surface area contributed by atoms with Crippen LogP contribution in [0.25, 0.3) is 0 Å². The first-order valence-electron chi connectivity index (χ1n) is 4.53. The molecule has 0 aromatic heterocycles. The maximum Gasteiger partial charge on any atom is 0.305 e. The molecule has 0 saturated carbocycles. The number of ether oxygens (including phenoxy) is 3. The zero-order valence-corrected chi connectivity index (χ0v) is 9.63. The maximum atomic E-state index is 10.4. The van der Waals surface area contributed by atoms with E-state index in [1.807, 2.05) is 0 Å². The molecular weight excluding hydrogens is 220 g/mol. The molecule has 0 spiro atoms. The number of aliphatic hydroxyl groups is 2. The molecule has 0 aromatic carbocycles. The van der Waals surface area contributed by atoms with E-state index < -0.39 is 18.2 Å². The third-order valence-electron chi connectivity index (χ3n) is 1.08. The van der Waals surface area contributed by atoms with Gasteiger partial charge in [-0.3, -0.25) is 9.59 Å². The lowest BCUT2D eigenvalue weighted by Gasteiger charge is -2.13. The summed E-state index contributed by atoms with van der Waals surface area (Å²) in [6.07, 6.45) is -0.814. The molecule has 7 heteroatoms. The van der Waals surface area contributed by atoms with Gasteiger partial charge in [0.25, 0.3) is 0 Å². The van der Waals surface area contributed by atoms with Crippen molar-refractivity contribution in [2.45, 2.75) is 20.1 Å². The number of rotatable bonds is 5. The Balaban J connectivity index is 0. The number of esters is 2. The van der Waals surface area contributed by atoms with Crippen LogP contribution in [0.3, 0.4) is 0 Å². The Labute approximate surface area is 93.9 Å². The topological polar surface area (TPSA) is 102 Å². The molecule has 16 heavy (non-hydrogen) atoms. The van der Waals surface area contributed by atoms with E-state index in [4.69, 9.17) is 14.9 Å². The summed E-state index contributed by atoms with van der Waals surface area (Å²) >= 11 is 0. The van der Waals surface area contributed by atoms with E-state index in [0.29, 0.717) is 0 Å². The zero-order chi connectivity index (χ0) is 13.0. The van der Waals surface area contributed by atoms with Crippen LogP contribution in [0, 0.1) is 0 Å². The quantitative estimate of drug-likeness (QED) is 0.470. The van der Waals surface area contributed by atoms with Gasteiger partial charge in [0, 0.05) is 21.0 Å². The summed E-state index contributed by atoms with van der Waals surface area (Å²) in [5.74, 6) is -0.918. The fraction of sp³-hybridized carbons (Fsp3) is 0.778. The van der Waals surface area contributed by atoms with Gasteiger partial charge < -0.3 is 24.4 Å². The van der Waals surface area contributed by atoms with Crippen molar-refractivity contribution >= 4 is 11.9 Å². The summed E-state index contributed by atoms with van der Waals surface area (Å²) in [5, 5.41) is 15.2. The van der Waals surface area contributed by atoms with Crippen molar-refractivity contribution in [3.8, 4) is 0 Å². The van der Waals surface area contributed by atoms with Gasteiger partial charge in [0.05, 0.1) is 13.2 Å². The highest BCUT2D eigenvalue weighted by atomic mass is 16.7. The van der Waals surface area contributed by atoms with Gasteiger partial charge in [-0.15, -0.1) is 0 Å². The number of hydrogen-bond acceptors (Lipinski definition) is 7. The fourth-order valence-electron chi connectivity index (χ4n) is 0.521. The first-order chi connectivity index (χ1) is 7.47. The van der Waals surface area contributed by atoms with Crippen LogP contribution in [0.15, 0.2) is 0 Å². The normalized spacial score (nSPS) is 10.8. The smallest absolute Gasteiger partial charge is 0.305 e. The van der Waals surface area contributed by atoms with E-state index in [2.05, 4.69) is 9.47 Å². The van der Waals surface area contributed by atoms with E-state index in [0.717, 1.165) is 0 Å². The molecule has 0 saturated heterocycles. The van der Waals surface area contributed by atoms with Crippen molar-refractivity contribution in [1.82, 2.24) is 0 Å². The van der Waals surface area contributed by atoms with E-state index in [1.165, 1.54) is 21.0 Å². The standard InChI is InChI=1S/C7H12O5.C2H6O2/c1-5(8)11-4-7(10-3)12-6(2)9;3-1-2-4/h7H,4H2,1-3H3;3-4H,1-2H2. The second-order valence-electron chi connectivity index (χ2n) is 2.52. The minimum atomic E-state index is -0.814. The van der Waals surface area contributed by atoms with Crippen molar-refractivity contribution in [3.63, 3.8) is 0 Å². The van der Waals surface area contributed by atoms with Gasteiger partial charge in [0.2, 0.25) is 6.29 Å². The van der Waals surface area contributed by atoms with Crippen LogP contribution in [0.5, 0.6) is 0 Å². The SMILES string of the molecule is COC(COC(C)=O)OC(C)=O.OCCO. The van der Waals surface area contributed by atoms with Crippen LogP contribution < -0.4 is 0 Å². The molecule has 1 atom stereocenters. The Morgan fingerprint density at radius 3 is 1.88 bits per heavy atom. The molecule has 1 unspecified atom stereocenters. The molecule has 0 radical (unpaired) electrons. The minimum absolute atomic E-state index is 0.0780. The maximum absolute atomic E-state index is 10.4. The summed E-state index contributed by atoms with van der Waals surface area (Å²) in [7, 11) is 1.36. The molecule has 2 N–H and O–H groups in total. The highest BCUT2D eigenvalue weighted by Crippen LogP contribution is 1.95. The second kappa shape index (κ2) is 11.9. The van der Waals surface area contributed by atoms with Crippen molar-refractivity contribution in [1.29, 1.82) is 0 Å². The third-order valence-corrected chi connectivity index (χ3v) is 1.08. The van der Waals surface area contributed by atoms with Crippen LogP contribution in [0.4, 0.5) is 0 Å². The molecule has 0 aliphatic rings. The van der Waals surface area contributed by atoms with Gasteiger partial charge >= 0.3 is 11.9 Å². The molecule has 0 aliphatic carbocycles. The molecule has 0 bridgehead atoms.